The first-order chi connectivity index (χ1) is 9.17. The van der Waals surface area contributed by atoms with Crippen LogP contribution in [0.2, 0.25) is 0 Å². The maximum atomic E-state index is 11.5. The molecule has 1 N–H and O–H groups in total. The fraction of sp³-hybridized carbons (Fsp3) is 0.214. The Bertz CT molecular complexity index is 613. The molecular weight excluding hydrogens is 310 g/mol. The number of halogens is 1. The standard InChI is InChI=1S/C14H14BrNO3/c1-3-19-14(17)16-11-8-12(18-2)9-6-4-5-7-10(9)13(11)15/h4-8H,3H2,1-2H3,(H,16,17). The summed E-state index contributed by atoms with van der Waals surface area (Å²) in [7, 11) is 1.60. The molecule has 0 aromatic heterocycles. The van der Waals surface area contributed by atoms with Gasteiger partial charge >= 0.3 is 6.09 Å². The molecule has 0 spiro atoms. The molecule has 100 valence electrons. The lowest BCUT2D eigenvalue weighted by atomic mass is 10.1. The van der Waals surface area contributed by atoms with Crippen LogP contribution in [-0.4, -0.2) is 19.8 Å². The Kier molecular flexibility index (Phi) is 4.27. The highest BCUT2D eigenvalue weighted by Gasteiger charge is 2.12. The van der Waals surface area contributed by atoms with Gasteiger partial charge in [-0.15, -0.1) is 0 Å². The SMILES string of the molecule is CCOC(=O)Nc1cc(OC)c2ccccc2c1Br. The number of benzene rings is 2. The van der Waals surface area contributed by atoms with Gasteiger partial charge in [0.1, 0.15) is 5.75 Å². The van der Waals surface area contributed by atoms with E-state index in [1.54, 1.807) is 20.1 Å². The highest BCUT2D eigenvalue weighted by Crippen LogP contribution is 2.37. The van der Waals surface area contributed by atoms with E-state index in [1.807, 2.05) is 24.3 Å². The minimum absolute atomic E-state index is 0.328. The van der Waals surface area contributed by atoms with E-state index in [0.29, 0.717) is 18.0 Å². The fourth-order valence-electron chi connectivity index (χ4n) is 1.84. The molecule has 2 rings (SSSR count). The van der Waals surface area contributed by atoms with Crippen molar-refractivity contribution in [3.8, 4) is 5.75 Å². The molecule has 5 heteroatoms. The van der Waals surface area contributed by atoms with Gasteiger partial charge in [-0.05, 0) is 22.9 Å². The molecule has 1 amide bonds. The molecule has 4 nitrogen and oxygen atoms in total. The molecular formula is C14H14BrNO3. The zero-order valence-electron chi connectivity index (χ0n) is 10.7. The number of carbonyl (C=O) groups excluding carboxylic acids is 1. The Morgan fingerprint density at radius 1 is 1.32 bits per heavy atom. The largest absolute Gasteiger partial charge is 0.496 e. The van der Waals surface area contributed by atoms with Crippen LogP contribution in [0.4, 0.5) is 10.5 Å². The van der Waals surface area contributed by atoms with E-state index in [-0.39, 0.29) is 0 Å². The van der Waals surface area contributed by atoms with E-state index in [1.165, 1.54) is 0 Å². The molecule has 0 fully saturated rings. The monoisotopic (exact) mass is 323 g/mol. The van der Waals surface area contributed by atoms with Crippen LogP contribution in [0, 0.1) is 0 Å². The van der Waals surface area contributed by atoms with Crippen molar-refractivity contribution in [2.75, 3.05) is 19.0 Å². The predicted molar refractivity (Wildman–Crippen MR) is 78.8 cm³/mol. The lowest BCUT2D eigenvalue weighted by Crippen LogP contribution is -2.13. The third-order valence-electron chi connectivity index (χ3n) is 2.67. The molecule has 0 heterocycles. The summed E-state index contributed by atoms with van der Waals surface area (Å²) in [4.78, 5) is 11.5. The third kappa shape index (κ3) is 2.81. The minimum Gasteiger partial charge on any atom is -0.496 e. The van der Waals surface area contributed by atoms with Gasteiger partial charge in [-0.1, -0.05) is 24.3 Å². The van der Waals surface area contributed by atoms with Crippen molar-refractivity contribution in [3.05, 3.63) is 34.8 Å². The zero-order chi connectivity index (χ0) is 13.8. The van der Waals surface area contributed by atoms with Crippen molar-refractivity contribution in [1.82, 2.24) is 0 Å². The number of anilines is 1. The van der Waals surface area contributed by atoms with Gasteiger partial charge in [-0.3, -0.25) is 5.32 Å². The molecule has 0 saturated carbocycles. The van der Waals surface area contributed by atoms with E-state index >= 15 is 0 Å². The van der Waals surface area contributed by atoms with E-state index in [4.69, 9.17) is 9.47 Å². The molecule has 0 saturated heterocycles. The van der Waals surface area contributed by atoms with Crippen LogP contribution in [0.15, 0.2) is 34.8 Å². The number of hydrogen-bond acceptors (Lipinski definition) is 3. The van der Waals surface area contributed by atoms with Crippen molar-refractivity contribution in [3.63, 3.8) is 0 Å². The van der Waals surface area contributed by atoms with Gasteiger partial charge in [0, 0.05) is 21.3 Å². The summed E-state index contributed by atoms with van der Waals surface area (Å²) < 4.78 is 11.0. The molecule has 2 aromatic carbocycles. The minimum atomic E-state index is -0.486. The first-order valence-corrected chi connectivity index (χ1v) is 6.65. The Morgan fingerprint density at radius 3 is 2.63 bits per heavy atom. The summed E-state index contributed by atoms with van der Waals surface area (Å²) in [6.07, 6.45) is -0.486. The lowest BCUT2D eigenvalue weighted by Gasteiger charge is -2.13. The average molecular weight is 324 g/mol. The maximum absolute atomic E-state index is 11.5. The van der Waals surface area contributed by atoms with Gasteiger partial charge in [0.25, 0.3) is 0 Å². The quantitative estimate of drug-likeness (QED) is 0.921. The average Bonchev–Trinajstić information content (AvgIpc) is 2.42. The molecule has 0 atom stereocenters. The number of ether oxygens (including phenoxy) is 2. The summed E-state index contributed by atoms with van der Waals surface area (Å²) in [6, 6.07) is 9.56. The van der Waals surface area contributed by atoms with E-state index in [2.05, 4.69) is 21.2 Å². The van der Waals surface area contributed by atoms with Crippen LogP contribution in [0.5, 0.6) is 5.75 Å². The van der Waals surface area contributed by atoms with E-state index < -0.39 is 6.09 Å². The number of amides is 1. The van der Waals surface area contributed by atoms with Gasteiger partial charge in [0.2, 0.25) is 0 Å². The van der Waals surface area contributed by atoms with E-state index in [0.717, 1.165) is 15.2 Å². The molecule has 19 heavy (non-hydrogen) atoms. The lowest BCUT2D eigenvalue weighted by molar-refractivity contribution is 0.168. The maximum Gasteiger partial charge on any atom is 0.411 e. The van der Waals surface area contributed by atoms with Gasteiger partial charge in [-0.2, -0.15) is 0 Å². The molecule has 0 aliphatic carbocycles. The van der Waals surface area contributed by atoms with Crippen molar-refractivity contribution < 1.29 is 14.3 Å². The normalized spacial score (nSPS) is 10.3. The second-order valence-corrected chi connectivity index (χ2v) is 4.62. The van der Waals surface area contributed by atoms with Gasteiger partial charge in [-0.25, -0.2) is 4.79 Å². The van der Waals surface area contributed by atoms with Crippen molar-refractivity contribution >= 4 is 38.5 Å². The van der Waals surface area contributed by atoms with E-state index in [9.17, 15) is 4.79 Å². The summed E-state index contributed by atoms with van der Waals surface area (Å²) in [5.41, 5.74) is 0.619. The van der Waals surface area contributed by atoms with Crippen LogP contribution in [0.1, 0.15) is 6.92 Å². The fourth-order valence-corrected chi connectivity index (χ4v) is 2.40. The number of methoxy groups -OCH3 is 1. The topological polar surface area (TPSA) is 47.6 Å². The number of carbonyl (C=O) groups is 1. The summed E-state index contributed by atoms with van der Waals surface area (Å²) >= 11 is 3.50. The Hall–Kier alpha value is -1.75. The molecule has 0 unspecified atom stereocenters. The zero-order valence-corrected chi connectivity index (χ0v) is 12.3. The molecule has 0 aliphatic heterocycles. The number of rotatable bonds is 3. The van der Waals surface area contributed by atoms with Crippen molar-refractivity contribution in [2.24, 2.45) is 0 Å². The molecule has 0 radical (unpaired) electrons. The first kappa shape index (κ1) is 13.7. The Balaban J connectivity index is 2.50. The second-order valence-electron chi connectivity index (χ2n) is 3.83. The van der Waals surface area contributed by atoms with Gasteiger partial charge < -0.3 is 9.47 Å². The number of hydrogen-bond donors (Lipinski definition) is 1. The van der Waals surface area contributed by atoms with Crippen LogP contribution in [0.3, 0.4) is 0 Å². The number of nitrogens with one attached hydrogen (secondary N) is 1. The van der Waals surface area contributed by atoms with Crippen LogP contribution < -0.4 is 10.1 Å². The highest BCUT2D eigenvalue weighted by molar-refractivity contribution is 9.10. The Morgan fingerprint density at radius 2 is 2.00 bits per heavy atom. The second kappa shape index (κ2) is 5.93. The highest BCUT2D eigenvalue weighted by atomic mass is 79.9. The first-order valence-electron chi connectivity index (χ1n) is 5.86. The van der Waals surface area contributed by atoms with Crippen LogP contribution >= 0.6 is 15.9 Å². The van der Waals surface area contributed by atoms with Crippen molar-refractivity contribution in [1.29, 1.82) is 0 Å². The summed E-state index contributed by atoms with van der Waals surface area (Å²) in [5, 5.41) is 4.63. The summed E-state index contributed by atoms with van der Waals surface area (Å²) in [5.74, 6) is 0.700. The van der Waals surface area contributed by atoms with Crippen molar-refractivity contribution in [2.45, 2.75) is 6.92 Å². The molecule has 2 aromatic rings. The smallest absolute Gasteiger partial charge is 0.411 e. The Labute approximate surface area is 119 Å². The van der Waals surface area contributed by atoms with Gasteiger partial charge in [0.05, 0.1) is 19.4 Å². The predicted octanol–water partition coefficient (Wildman–Crippen LogP) is 4.18. The van der Waals surface area contributed by atoms with Gasteiger partial charge in [0.15, 0.2) is 0 Å². The van der Waals surface area contributed by atoms with Crippen LogP contribution in [-0.2, 0) is 4.74 Å². The van der Waals surface area contributed by atoms with Crippen LogP contribution in [0.25, 0.3) is 10.8 Å². The third-order valence-corrected chi connectivity index (χ3v) is 3.53. The number of fused-ring (bicyclic) bond motifs is 1. The molecule has 0 aliphatic rings. The molecule has 0 bridgehead atoms. The summed E-state index contributed by atoms with van der Waals surface area (Å²) in [6.45, 7) is 2.09.